The lowest BCUT2D eigenvalue weighted by molar-refractivity contribution is -0.0732. The Morgan fingerprint density at radius 2 is 1.69 bits per heavy atom. The van der Waals surface area contributed by atoms with Crippen LogP contribution in [-0.4, -0.2) is 0 Å². The van der Waals surface area contributed by atoms with Crippen molar-refractivity contribution in [2.75, 3.05) is 0 Å². The maximum atomic E-state index is 2.53. The molecule has 6 atom stereocenters. The highest BCUT2D eigenvalue weighted by atomic mass is 14.7. The molecule has 13 heavy (non-hydrogen) atoms. The van der Waals surface area contributed by atoms with Gasteiger partial charge in [0.1, 0.15) is 0 Å². The predicted molar refractivity (Wildman–Crippen MR) is 55.4 cm³/mol. The summed E-state index contributed by atoms with van der Waals surface area (Å²) >= 11 is 0. The van der Waals surface area contributed by atoms with Gasteiger partial charge in [0.25, 0.3) is 0 Å². The van der Waals surface area contributed by atoms with Gasteiger partial charge >= 0.3 is 0 Å². The molecule has 0 N–H and O–H groups in total. The largest absolute Gasteiger partial charge is 0.0622 e. The summed E-state index contributed by atoms with van der Waals surface area (Å²) < 4.78 is 0. The fourth-order valence-corrected chi connectivity index (χ4v) is 5.60. The highest BCUT2D eigenvalue weighted by Crippen LogP contribution is 2.74. The van der Waals surface area contributed by atoms with Crippen LogP contribution >= 0.6 is 0 Å². The van der Waals surface area contributed by atoms with E-state index in [9.17, 15) is 0 Å². The fourth-order valence-electron chi connectivity index (χ4n) is 5.60. The van der Waals surface area contributed by atoms with Crippen molar-refractivity contribution in [1.29, 1.82) is 0 Å². The molecule has 3 rings (SSSR count). The Hall–Kier alpha value is 0. The van der Waals surface area contributed by atoms with Crippen LogP contribution in [0, 0.1) is 35.0 Å². The van der Waals surface area contributed by atoms with E-state index >= 15 is 0 Å². The second kappa shape index (κ2) is 2.32. The van der Waals surface area contributed by atoms with E-state index in [1.165, 1.54) is 12.8 Å². The van der Waals surface area contributed by atoms with Crippen molar-refractivity contribution in [1.82, 2.24) is 0 Å². The maximum Gasteiger partial charge on any atom is -0.0187 e. The molecule has 3 saturated carbocycles. The first-order valence-electron chi connectivity index (χ1n) is 6.17. The summed E-state index contributed by atoms with van der Waals surface area (Å²) in [6, 6.07) is 0. The van der Waals surface area contributed by atoms with Gasteiger partial charge in [-0.2, -0.15) is 0 Å². The van der Waals surface area contributed by atoms with Crippen LogP contribution in [0.2, 0.25) is 0 Å². The van der Waals surface area contributed by atoms with Gasteiger partial charge in [0.2, 0.25) is 0 Å². The molecule has 74 valence electrons. The van der Waals surface area contributed by atoms with Crippen LogP contribution in [0.4, 0.5) is 0 Å². The SMILES string of the molecule is CC1CC(C)C23C(C)CCC2CC13. The van der Waals surface area contributed by atoms with Crippen molar-refractivity contribution in [3.63, 3.8) is 0 Å². The quantitative estimate of drug-likeness (QED) is 0.530. The smallest absolute Gasteiger partial charge is 0.0187 e. The molecular formula is C13H22. The van der Waals surface area contributed by atoms with Crippen LogP contribution < -0.4 is 0 Å². The van der Waals surface area contributed by atoms with Gasteiger partial charge in [-0.1, -0.05) is 20.8 Å². The predicted octanol–water partition coefficient (Wildman–Crippen LogP) is 3.71. The minimum atomic E-state index is 0.833. The Labute approximate surface area is 82.1 Å². The van der Waals surface area contributed by atoms with Crippen molar-refractivity contribution >= 4 is 0 Å². The van der Waals surface area contributed by atoms with E-state index in [4.69, 9.17) is 0 Å². The molecule has 0 radical (unpaired) electrons. The van der Waals surface area contributed by atoms with Crippen LogP contribution in [0.1, 0.15) is 46.5 Å². The van der Waals surface area contributed by atoms with Gasteiger partial charge in [0.15, 0.2) is 0 Å². The summed E-state index contributed by atoms with van der Waals surface area (Å²) in [5.74, 6) is 5.35. The Morgan fingerprint density at radius 1 is 0.923 bits per heavy atom. The molecule has 0 heterocycles. The monoisotopic (exact) mass is 178 g/mol. The Balaban J connectivity index is 2.00. The van der Waals surface area contributed by atoms with Gasteiger partial charge in [0, 0.05) is 0 Å². The minimum absolute atomic E-state index is 0.833. The molecule has 0 aliphatic heterocycles. The lowest BCUT2D eigenvalue weighted by Crippen LogP contribution is -2.50. The van der Waals surface area contributed by atoms with E-state index in [2.05, 4.69) is 20.8 Å². The Morgan fingerprint density at radius 3 is 2.31 bits per heavy atom. The molecule has 0 amide bonds. The molecule has 1 spiro atoms. The summed E-state index contributed by atoms with van der Waals surface area (Å²) in [5.41, 5.74) is 0.833. The molecule has 3 fully saturated rings. The highest BCUT2D eigenvalue weighted by molar-refractivity contribution is 5.15. The van der Waals surface area contributed by atoms with Crippen molar-refractivity contribution in [3.8, 4) is 0 Å². The minimum Gasteiger partial charge on any atom is -0.0622 e. The van der Waals surface area contributed by atoms with E-state index in [0.29, 0.717) is 0 Å². The third kappa shape index (κ3) is 0.714. The van der Waals surface area contributed by atoms with Crippen LogP contribution in [0.25, 0.3) is 0 Å². The van der Waals surface area contributed by atoms with Gasteiger partial charge in [-0.15, -0.1) is 0 Å². The summed E-state index contributed by atoms with van der Waals surface area (Å²) in [6.07, 6.45) is 6.17. The van der Waals surface area contributed by atoms with E-state index in [1.807, 2.05) is 0 Å². The zero-order valence-electron chi connectivity index (χ0n) is 9.22. The molecule has 6 unspecified atom stereocenters. The van der Waals surface area contributed by atoms with Crippen molar-refractivity contribution in [2.24, 2.45) is 35.0 Å². The fraction of sp³-hybridized carbons (Fsp3) is 1.00. The number of rotatable bonds is 0. The molecule has 0 aromatic carbocycles. The molecule has 0 nitrogen and oxygen atoms in total. The van der Waals surface area contributed by atoms with E-state index in [-0.39, 0.29) is 0 Å². The van der Waals surface area contributed by atoms with Gasteiger partial charge in [0.05, 0.1) is 0 Å². The second-order valence-corrected chi connectivity index (χ2v) is 6.13. The standard InChI is InChI=1S/C13H22/c1-8-6-10(3)13-9(2)4-5-11(13)7-12(8)13/h8-12H,4-7H2,1-3H3. The highest BCUT2D eigenvalue weighted by Gasteiger charge is 2.67. The molecule has 0 heteroatoms. The van der Waals surface area contributed by atoms with Crippen molar-refractivity contribution in [3.05, 3.63) is 0 Å². The first kappa shape index (κ1) is 8.32. The zero-order valence-corrected chi connectivity index (χ0v) is 9.22. The maximum absolute atomic E-state index is 2.53. The normalized spacial score (nSPS) is 64.4. The van der Waals surface area contributed by atoms with E-state index in [1.54, 1.807) is 12.8 Å². The molecule has 0 aromatic heterocycles. The number of hydrogen-bond donors (Lipinski definition) is 0. The average Bonchev–Trinajstić information content (AvgIpc) is 2.33. The molecule has 0 aromatic rings. The van der Waals surface area contributed by atoms with Crippen LogP contribution in [0.15, 0.2) is 0 Å². The molecule has 3 aliphatic carbocycles. The molecule has 0 bridgehead atoms. The molecular weight excluding hydrogens is 156 g/mol. The Kier molecular flexibility index (Phi) is 1.49. The van der Waals surface area contributed by atoms with Crippen molar-refractivity contribution in [2.45, 2.75) is 46.5 Å². The lowest BCUT2D eigenvalue weighted by Gasteiger charge is -2.55. The summed E-state index contributed by atoms with van der Waals surface area (Å²) in [6.45, 7) is 7.56. The first-order chi connectivity index (χ1) is 6.17. The third-order valence-corrected chi connectivity index (χ3v) is 5.96. The third-order valence-electron chi connectivity index (χ3n) is 5.96. The van der Waals surface area contributed by atoms with Gasteiger partial charge in [-0.3, -0.25) is 0 Å². The summed E-state index contributed by atoms with van der Waals surface area (Å²) in [5, 5.41) is 0. The average molecular weight is 178 g/mol. The van der Waals surface area contributed by atoms with E-state index in [0.717, 1.165) is 35.0 Å². The van der Waals surface area contributed by atoms with Crippen LogP contribution in [0.3, 0.4) is 0 Å². The van der Waals surface area contributed by atoms with Gasteiger partial charge in [-0.05, 0) is 60.7 Å². The second-order valence-electron chi connectivity index (χ2n) is 6.13. The zero-order chi connectivity index (χ0) is 9.22. The van der Waals surface area contributed by atoms with E-state index < -0.39 is 0 Å². The molecule has 0 saturated heterocycles. The summed E-state index contributed by atoms with van der Waals surface area (Å²) in [7, 11) is 0. The van der Waals surface area contributed by atoms with Gasteiger partial charge in [-0.25, -0.2) is 0 Å². The topological polar surface area (TPSA) is 0 Å². The molecule has 3 aliphatic rings. The summed E-state index contributed by atoms with van der Waals surface area (Å²) in [4.78, 5) is 0. The van der Waals surface area contributed by atoms with Crippen LogP contribution in [-0.2, 0) is 0 Å². The number of hydrogen-bond acceptors (Lipinski definition) is 0. The Bertz CT molecular complexity index is 224. The lowest BCUT2D eigenvalue weighted by atomic mass is 9.49. The first-order valence-corrected chi connectivity index (χ1v) is 6.17. The van der Waals surface area contributed by atoms with Gasteiger partial charge < -0.3 is 0 Å². The van der Waals surface area contributed by atoms with Crippen molar-refractivity contribution < 1.29 is 0 Å². The van der Waals surface area contributed by atoms with Crippen LogP contribution in [0.5, 0.6) is 0 Å².